The summed E-state index contributed by atoms with van der Waals surface area (Å²) in [6, 6.07) is 7.84. The molecule has 0 aliphatic heterocycles. The number of aromatic nitrogens is 1. The van der Waals surface area contributed by atoms with E-state index in [0.29, 0.717) is 18.7 Å². The molecule has 0 radical (unpaired) electrons. The van der Waals surface area contributed by atoms with Gasteiger partial charge in [0.1, 0.15) is 5.69 Å². The van der Waals surface area contributed by atoms with Gasteiger partial charge in [-0.05, 0) is 30.7 Å². The molecule has 0 aliphatic carbocycles. The highest BCUT2D eigenvalue weighted by atomic mass is 32.1. The molecule has 100 valence electrons. The molecule has 1 amide bonds. The summed E-state index contributed by atoms with van der Waals surface area (Å²) in [5.41, 5.74) is 7.92. The second kappa shape index (κ2) is 6.45. The lowest BCUT2D eigenvalue weighted by Gasteiger charge is -2.04. The van der Waals surface area contributed by atoms with E-state index >= 15 is 0 Å². The van der Waals surface area contributed by atoms with Gasteiger partial charge in [-0.3, -0.25) is 4.79 Å². The quantitative estimate of drug-likeness (QED) is 0.880. The van der Waals surface area contributed by atoms with Crippen molar-refractivity contribution in [2.75, 3.05) is 11.9 Å². The topological polar surface area (TPSA) is 68.0 Å². The monoisotopic (exact) mass is 275 g/mol. The lowest BCUT2D eigenvalue weighted by atomic mass is 10.1. The van der Waals surface area contributed by atoms with Crippen molar-refractivity contribution in [3.05, 3.63) is 45.9 Å². The summed E-state index contributed by atoms with van der Waals surface area (Å²) < 4.78 is 0. The van der Waals surface area contributed by atoms with Gasteiger partial charge in [0.05, 0.1) is 5.01 Å². The van der Waals surface area contributed by atoms with E-state index in [-0.39, 0.29) is 5.91 Å². The van der Waals surface area contributed by atoms with Crippen LogP contribution in [0, 0.1) is 0 Å². The van der Waals surface area contributed by atoms with Crippen LogP contribution in [0.3, 0.4) is 0 Å². The Morgan fingerprint density at radius 1 is 1.47 bits per heavy atom. The first-order valence-electron chi connectivity index (χ1n) is 6.27. The number of hydrogen-bond acceptors (Lipinski definition) is 4. The Hall–Kier alpha value is -1.72. The van der Waals surface area contributed by atoms with Crippen LogP contribution in [0.4, 0.5) is 5.69 Å². The first-order chi connectivity index (χ1) is 9.22. The number of benzene rings is 1. The summed E-state index contributed by atoms with van der Waals surface area (Å²) in [7, 11) is 0. The number of carbonyl (C=O) groups is 1. The number of aryl methyl sites for hydroxylation is 1. The van der Waals surface area contributed by atoms with Crippen molar-refractivity contribution in [1.29, 1.82) is 0 Å². The Labute approximate surface area is 116 Å². The molecule has 0 bridgehead atoms. The fourth-order valence-electron chi connectivity index (χ4n) is 1.72. The smallest absolute Gasteiger partial charge is 0.275 e. The van der Waals surface area contributed by atoms with Crippen molar-refractivity contribution in [2.24, 2.45) is 5.73 Å². The second-order valence-electron chi connectivity index (χ2n) is 4.17. The lowest BCUT2D eigenvalue weighted by molar-refractivity contribution is 0.102. The minimum Gasteiger partial charge on any atom is -0.330 e. The highest BCUT2D eigenvalue weighted by Crippen LogP contribution is 2.14. The Morgan fingerprint density at radius 2 is 2.32 bits per heavy atom. The number of hydrogen-bond donors (Lipinski definition) is 2. The minimum absolute atomic E-state index is 0.173. The zero-order chi connectivity index (χ0) is 13.7. The van der Waals surface area contributed by atoms with Gasteiger partial charge < -0.3 is 11.1 Å². The van der Waals surface area contributed by atoms with Crippen molar-refractivity contribution in [1.82, 2.24) is 4.98 Å². The van der Waals surface area contributed by atoms with E-state index in [1.165, 1.54) is 16.9 Å². The molecule has 0 saturated carbocycles. The standard InChI is InChI=1S/C14H17N3OS/c1-2-10-4-3-5-11(8-10)16-14(18)12-9-19-13(17-12)6-7-15/h3-5,8-9H,2,6-7,15H2,1H3,(H,16,18). The van der Waals surface area contributed by atoms with E-state index in [2.05, 4.69) is 17.2 Å². The summed E-state index contributed by atoms with van der Waals surface area (Å²) in [4.78, 5) is 16.3. The van der Waals surface area contributed by atoms with Gasteiger partial charge in [0, 0.05) is 17.5 Å². The number of nitrogens with one attached hydrogen (secondary N) is 1. The zero-order valence-corrected chi connectivity index (χ0v) is 11.7. The van der Waals surface area contributed by atoms with Gasteiger partial charge >= 0.3 is 0 Å². The Balaban J connectivity index is 2.06. The maximum absolute atomic E-state index is 12.0. The number of amides is 1. The Bertz CT molecular complexity index is 565. The zero-order valence-electron chi connectivity index (χ0n) is 10.8. The van der Waals surface area contributed by atoms with Crippen LogP contribution >= 0.6 is 11.3 Å². The van der Waals surface area contributed by atoms with Crippen molar-refractivity contribution in [3.63, 3.8) is 0 Å². The highest BCUT2D eigenvalue weighted by Gasteiger charge is 2.10. The van der Waals surface area contributed by atoms with Crippen LogP contribution in [0.5, 0.6) is 0 Å². The molecule has 0 aliphatic rings. The molecule has 5 heteroatoms. The maximum atomic E-state index is 12.0. The minimum atomic E-state index is -0.173. The van der Waals surface area contributed by atoms with Gasteiger partial charge in [-0.1, -0.05) is 19.1 Å². The van der Waals surface area contributed by atoms with Crippen LogP contribution in [0.25, 0.3) is 0 Å². The third-order valence-electron chi connectivity index (χ3n) is 2.74. The summed E-state index contributed by atoms with van der Waals surface area (Å²) in [6.45, 7) is 2.63. The van der Waals surface area contributed by atoms with Crippen LogP contribution in [0.15, 0.2) is 29.6 Å². The summed E-state index contributed by atoms with van der Waals surface area (Å²) in [5.74, 6) is -0.173. The van der Waals surface area contributed by atoms with Crippen molar-refractivity contribution < 1.29 is 4.79 Å². The first kappa shape index (κ1) is 13.7. The summed E-state index contributed by atoms with van der Waals surface area (Å²) in [5, 5.41) is 5.53. The largest absolute Gasteiger partial charge is 0.330 e. The number of rotatable bonds is 5. The molecule has 19 heavy (non-hydrogen) atoms. The van der Waals surface area contributed by atoms with Crippen LogP contribution in [0.2, 0.25) is 0 Å². The molecule has 1 aromatic carbocycles. The molecule has 0 atom stereocenters. The van der Waals surface area contributed by atoms with Crippen molar-refractivity contribution >= 4 is 22.9 Å². The number of nitrogens with two attached hydrogens (primary N) is 1. The molecular weight excluding hydrogens is 258 g/mol. The normalized spacial score (nSPS) is 10.4. The van der Waals surface area contributed by atoms with Gasteiger partial charge in [-0.2, -0.15) is 0 Å². The van der Waals surface area contributed by atoms with E-state index in [9.17, 15) is 4.79 Å². The molecule has 2 aromatic rings. The van der Waals surface area contributed by atoms with Crippen LogP contribution in [-0.4, -0.2) is 17.4 Å². The predicted octanol–water partition coefficient (Wildman–Crippen LogP) is 2.46. The van der Waals surface area contributed by atoms with Gasteiger partial charge in [-0.25, -0.2) is 4.98 Å². The SMILES string of the molecule is CCc1cccc(NC(=O)c2csc(CCN)n2)c1. The Morgan fingerprint density at radius 3 is 3.05 bits per heavy atom. The fraction of sp³-hybridized carbons (Fsp3) is 0.286. The molecule has 1 aromatic heterocycles. The van der Waals surface area contributed by atoms with Gasteiger partial charge in [-0.15, -0.1) is 11.3 Å². The average Bonchev–Trinajstić information content (AvgIpc) is 2.88. The number of carbonyl (C=O) groups excluding carboxylic acids is 1. The highest BCUT2D eigenvalue weighted by molar-refractivity contribution is 7.09. The van der Waals surface area contributed by atoms with E-state index in [1.807, 2.05) is 24.3 Å². The van der Waals surface area contributed by atoms with E-state index in [4.69, 9.17) is 5.73 Å². The molecule has 0 fully saturated rings. The first-order valence-corrected chi connectivity index (χ1v) is 7.15. The van der Waals surface area contributed by atoms with E-state index in [1.54, 1.807) is 5.38 Å². The summed E-state index contributed by atoms with van der Waals surface area (Å²) in [6.07, 6.45) is 1.66. The van der Waals surface area contributed by atoms with E-state index < -0.39 is 0 Å². The molecular formula is C14H17N3OS. The van der Waals surface area contributed by atoms with E-state index in [0.717, 1.165) is 17.1 Å². The molecule has 0 unspecified atom stereocenters. The number of nitrogens with zero attached hydrogens (tertiary/aromatic N) is 1. The third kappa shape index (κ3) is 3.62. The molecule has 0 saturated heterocycles. The molecule has 2 rings (SSSR count). The van der Waals surface area contributed by atoms with Crippen LogP contribution in [0.1, 0.15) is 28.0 Å². The molecule has 3 N–H and O–H groups in total. The number of anilines is 1. The molecule has 0 spiro atoms. The fourth-order valence-corrected chi connectivity index (χ4v) is 2.51. The van der Waals surface area contributed by atoms with Gasteiger partial charge in [0.2, 0.25) is 0 Å². The van der Waals surface area contributed by atoms with Crippen LogP contribution in [-0.2, 0) is 12.8 Å². The molecule has 1 heterocycles. The van der Waals surface area contributed by atoms with Gasteiger partial charge in [0.25, 0.3) is 5.91 Å². The average molecular weight is 275 g/mol. The lowest BCUT2D eigenvalue weighted by Crippen LogP contribution is -2.13. The number of thiazole rings is 1. The Kier molecular flexibility index (Phi) is 4.65. The van der Waals surface area contributed by atoms with Crippen molar-refractivity contribution in [2.45, 2.75) is 19.8 Å². The van der Waals surface area contributed by atoms with Crippen LogP contribution < -0.4 is 11.1 Å². The maximum Gasteiger partial charge on any atom is 0.275 e. The summed E-state index contributed by atoms with van der Waals surface area (Å²) >= 11 is 1.47. The third-order valence-corrected chi connectivity index (χ3v) is 3.64. The van der Waals surface area contributed by atoms with Gasteiger partial charge in [0.15, 0.2) is 0 Å². The second-order valence-corrected chi connectivity index (χ2v) is 5.12. The molecule has 4 nitrogen and oxygen atoms in total. The van der Waals surface area contributed by atoms with Crippen molar-refractivity contribution in [3.8, 4) is 0 Å². The predicted molar refractivity (Wildman–Crippen MR) is 78.6 cm³/mol.